The monoisotopic (exact) mass is 490 g/mol. The van der Waals surface area contributed by atoms with E-state index in [1.54, 1.807) is 34.9 Å². The van der Waals surface area contributed by atoms with Gasteiger partial charge in [-0.05, 0) is 36.2 Å². The molecule has 0 amide bonds. The van der Waals surface area contributed by atoms with Crippen LogP contribution in [-0.2, 0) is 19.3 Å². The summed E-state index contributed by atoms with van der Waals surface area (Å²) in [7, 11) is 0. The molecule has 0 spiro atoms. The fourth-order valence-electron chi connectivity index (χ4n) is 3.50. The number of aliphatic hydroxyl groups is 1. The molecule has 4 rings (SSSR count). The van der Waals surface area contributed by atoms with E-state index >= 15 is 0 Å². The van der Waals surface area contributed by atoms with Crippen LogP contribution in [-0.4, -0.2) is 32.8 Å². The zero-order valence-corrected chi connectivity index (χ0v) is 18.9. The summed E-state index contributed by atoms with van der Waals surface area (Å²) < 4.78 is 48.0. The SMILES string of the molecule is Cc1c(Cn2c(COc3ccccc3)nc(=O)c3sc(NCCO)nc32)cccc1C(F)(F)F. The van der Waals surface area contributed by atoms with Gasteiger partial charge >= 0.3 is 6.18 Å². The first-order valence-corrected chi connectivity index (χ1v) is 11.2. The third kappa shape index (κ3) is 5.05. The van der Waals surface area contributed by atoms with Crippen molar-refractivity contribution in [1.29, 1.82) is 0 Å². The Kier molecular flexibility index (Phi) is 6.85. The van der Waals surface area contributed by atoms with Gasteiger partial charge in [-0.1, -0.05) is 41.7 Å². The molecule has 2 aromatic heterocycles. The Hall–Kier alpha value is -3.44. The Morgan fingerprint density at radius 1 is 1.12 bits per heavy atom. The molecule has 0 aliphatic rings. The number of para-hydroxylation sites is 1. The number of nitrogens with zero attached hydrogens (tertiary/aromatic N) is 3. The van der Waals surface area contributed by atoms with Crippen LogP contribution < -0.4 is 15.6 Å². The number of aromatic nitrogens is 3. The number of thiazole rings is 1. The number of benzene rings is 2. The molecule has 2 heterocycles. The van der Waals surface area contributed by atoms with E-state index in [2.05, 4.69) is 15.3 Å². The molecule has 0 saturated carbocycles. The number of alkyl halides is 3. The molecule has 2 N–H and O–H groups in total. The number of hydrogen-bond donors (Lipinski definition) is 2. The Morgan fingerprint density at radius 3 is 2.59 bits per heavy atom. The molecule has 0 bridgehead atoms. The zero-order valence-electron chi connectivity index (χ0n) is 18.1. The number of hydrogen-bond acceptors (Lipinski definition) is 7. The summed E-state index contributed by atoms with van der Waals surface area (Å²) in [6.45, 7) is 1.46. The van der Waals surface area contributed by atoms with Gasteiger partial charge in [-0.2, -0.15) is 18.2 Å². The van der Waals surface area contributed by atoms with Gasteiger partial charge in [0.25, 0.3) is 5.56 Å². The minimum absolute atomic E-state index is 0.0101. The summed E-state index contributed by atoms with van der Waals surface area (Å²) in [6.07, 6.45) is -4.49. The maximum absolute atomic E-state index is 13.5. The molecule has 0 aliphatic carbocycles. The molecule has 34 heavy (non-hydrogen) atoms. The lowest BCUT2D eigenvalue weighted by atomic mass is 10.0. The van der Waals surface area contributed by atoms with E-state index in [4.69, 9.17) is 9.84 Å². The first-order valence-electron chi connectivity index (χ1n) is 10.4. The van der Waals surface area contributed by atoms with E-state index in [1.165, 1.54) is 13.0 Å². The molecule has 11 heteroatoms. The van der Waals surface area contributed by atoms with Crippen LogP contribution in [0.15, 0.2) is 53.3 Å². The van der Waals surface area contributed by atoms with Crippen molar-refractivity contribution in [3.05, 3.63) is 81.4 Å². The Balaban J connectivity index is 1.81. The van der Waals surface area contributed by atoms with E-state index in [-0.39, 0.29) is 48.0 Å². The summed E-state index contributed by atoms with van der Waals surface area (Å²) in [6, 6.07) is 12.9. The second-order valence-corrected chi connectivity index (χ2v) is 8.43. The van der Waals surface area contributed by atoms with Gasteiger partial charge < -0.3 is 19.7 Å². The summed E-state index contributed by atoms with van der Waals surface area (Å²) >= 11 is 1.07. The first kappa shape index (κ1) is 23.7. The molecule has 0 radical (unpaired) electrons. The first-order chi connectivity index (χ1) is 16.3. The molecule has 0 atom stereocenters. The zero-order chi connectivity index (χ0) is 24.3. The predicted molar refractivity (Wildman–Crippen MR) is 123 cm³/mol. The molecule has 7 nitrogen and oxygen atoms in total. The van der Waals surface area contributed by atoms with Crippen molar-refractivity contribution >= 4 is 26.8 Å². The fraction of sp³-hybridized carbons (Fsp3) is 0.261. The average Bonchev–Trinajstić information content (AvgIpc) is 3.24. The summed E-state index contributed by atoms with van der Waals surface area (Å²) in [5, 5.41) is 12.4. The summed E-state index contributed by atoms with van der Waals surface area (Å²) in [5.41, 5.74) is -0.436. The molecule has 0 saturated heterocycles. The van der Waals surface area contributed by atoms with Crippen molar-refractivity contribution in [3.8, 4) is 5.75 Å². The number of aliphatic hydroxyl groups excluding tert-OH is 1. The van der Waals surface area contributed by atoms with E-state index in [0.29, 0.717) is 16.4 Å². The van der Waals surface area contributed by atoms with Crippen LogP contribution in [0.4, 0.5) is 18.3 Å². The average molecular weight is 491 g/mol. The van der Waals surface area contributed by atoms with Crippen molar-refractivity contribution in [2.24, 2.45) is 0 Å². The highest BCUT2D eigenvalue weighted by atomic mass is 32.1. The van der Waals surface area contributed by atoms with E-state index in [9.17, 15) is 18.0 Å². The highest BCUT2D eigenvalue weighted by Gasteiger charge is 2.33. The minimum atomic E-state index is -4.49. The lowest BCUT2D eigenvalue weighted by Gasteiger charge is -2.18. The number of nitrogens with one attached hydrogen (secondary N) is 1. The van der Waals surface area contributed by atoms with Gasteiger partial charge in [-0.15, -0.1) is 0 Å². The van der Waals surface area contributed by atoms with Crippen molar-refractivity contribution in [3.63, 3.8) is 0 Å². The van der Waals surface area contributed by atoms with E-state index in [0.717, 1.165) is 17.4 Å². The topological polar surface area (TPSA) is 89.3 Å². The lowest BCUT2D eigenvalue weighted by Crippen LogP contribution is -2.21. The highest BCUT2D eigenvalue weighted by Crippen LogP contribution is 2.33. The Bertz CT molecular complexity index is 1350. The van der Waals surface area contributed by atoms with Crippen molar-refractivity contribution < 1.29 is 23.0 Å². The third-order valence-corrected chi connectivity index (χ3v) is 6.17. The van der Waals surface area contributed by atoms with Gasteiger partial charge in [0.2, 0.25) is 0 Å². The molecule has 0 fully saturated rings. The quantitative estimate of drug-likeness (QED) is 0.385. The second-order valence-electron chi connectivity index (χ2n) is 7.43. The van der Waals surface area contributed by atoms with Crippen molar-refractivity contribution in [2.75, 3.05) is 18.5 Å². The molecule has 178 valence electrons. The second kappa shape index (κ2) is 9.82. The number of halogens is 3. The number of rotatable bonds is 8. The summed E-state index contributed by atoms with van der Waals surface area (Å²) in [5.74, 6) is 0.791. The van der Waals surface area contributed by atoms with Gasteiger partial charge in [0.05, 0.1) is 18.7 Å². The molecular weight excluding hydrogens is 469 g/mol. The Morgan fingerprint density at radius 2 is 1.88 bits per heavy atom. The smallest absolute Gasteiger partial charge is 0.416 e. The highest BCUT2D eigenvalue weighted by molar-refractivity contribution is 7.22. The van der Waals surface area contributed by atoms with Crippen molar-refractivity contribution in [1.82, 2.24) is 14.5 Å². The van der Waals surface area contributed by atoms with Crippen LogP contribution in [0.5, 0.6) is 5.75 Å². The maximum atomic E-state index is 13.5. The van der Waals surface area contributed by atoms with Crippen LogP contribution in [0.1, 0.15) is 22.5 Å². The van der Waals surface area contributed by atoms with Gasteiger partial charge in [0.1, 0.15) is 17.1 Å². The molecule has 0 aliphatic heterocycles. The van der Waals surface area contributed by atoms with Gasteiger partial charge in [-0.3, -0.25) is 4.79 Å². The van der Waals surface area contributed by atoms with Gasteiger partial charge in [0, 0.05) is 6.54 Å². The van der Waals surface area contributed by atoms with Gasteiger partial charge in [0.15, 0.2) is 16.6 Å². The molecule has 4 aromatic rings. The fourth-order valence-corrected chi connectivity index (χ4v) is 4.38. The molecule has 0 unspecified atom stereocenters. The normalized spacial score (nSPS) is 11.7. The molecular formula is C23H21F3N4O3S. The number of ether oxygens (including phenoxy) is 1. The Labute approximate surface area is 196 Å². The van der Waals surface area contributed by atoms with E-state index in [1.807, 2.05) is 6.07 Å². The standard InChI is InChI=1S/C23H21F3N4O3S/c1-14-15(6-5-9-17(14)23(24,25)26)12-30-18(13-33-16-7-3-2-4-8-16)28-21(32)19-20(30)29-22(34-19)27-10-11-31/h2-9,31H,10-13H2,1H3,(H,27,29). The number of fused-ring (bicyclic) bond motifs is 1. The van der Waals surface area contributed by atoms with E-state index < -0.39 is 17.3 Å². The summed E-state index contributed by atoms with van der Waals surface area (Å²) in [4.78, 5) is 21.3. The van der Waals surface area contributed by atoms with Crippen LogP contribution >= 0.6 is 11.3 Å². The van der Waals surface area contributed by atoms with Crippen LogP contribution in [0, 0.1) is 6.92 Å². The number of anilines is 1. The lowest BCUT2D eigenvalue weighted by molar-refractivity contribution is -0.138. The predicted octanol–water partition coefficient (Wildman–Crippen LogP) is 4.21. The minimum Gasteiger partial charge on any atom is -0.486 e. The van der Waals surface area contributed by atoms with Crippen LogP contribution in [0.2, 0.25) is 0 Å². The van der Waals surface area contributed by atoms with Crippen LogP contribution in [0.25, 0.3) is 10.3 Å². The third-order valence-electron chi connectivity index (χ3n) is 5.18. The van der Waals surface area contributed by atoms with Crippen LogP contribution in [0.3, 0.4) is 0 Å². The van der Waals surface area contributed by atoms with Gasteiger partial charge in [-0.25, -0.2) is 4.98 Å². The molecule has 2 aromatic carbocycles. The largest absolute Gasteiger partial charge is 0.486 e. The maximum Gasteiger partial charge on any atom is 0.416 e. The van der Waals surface area contributed by atoms with Crippen molar-refractivity contribution in [2.45, 2.75) is 26.3 Å².